The van der Waals surface area contributed by atoms with E-state index >= 15 is 0 Å². The molecule has 0 amide bonds. The Morgan fingerprint density at radius 1 is 1.13 bits per heavy atom. The predicted molar refractivity (Wildman–Crippen MR) is 89.1 cm³/mol. The van der Waals surface area contributed by atoms with Crippen LogP contribution in [0.25, 0.3) is 22.1 Å². The van der Waals surface area contributed by atoms with Crippen molar-refractivity contribution in [2.45, 2.75) is 13.0 Å². The molecule has 4 aromatic rings. The van der Waals surface area contributed by atoms with Crippen LogP contribution in [-0.4, -0.2) is 35.8 Å². The summed E-state index contributed by atoms with van der Waals surface area (Å²) in [6, 6.07) is 8.18. The van der Waals surface area contributed by atoms with Crippen LogP contribution in [-0.2, 0) is 13.6 Å². The smallest absolute Gasteiger partial charge is 0.163 e. The van der Waals surface area contributed by atoms with Crippen LogP contribution in [0, 0.1) is 0 Å². The van der Waals surface area contributed by atoms with Crippen molar-refractivity contribution in [2.24, 2.45) is 7.05 Å². The molecular weight excluding hydrogens is 290 g/mol. The molecule has 0 aliphatic heterocycles. The molecule has 1 N–H and O–H groups in total. The van der Waals surface area contributed by atoms with Gasteiger partial charge in [0.15, 0.2) is 5.65 Å². The van der Waals surface area contributed by atoms with Crippen LogP contribution in [0.2, 0.25) is 0 Å². The van der Waals surface area contributed by atoms with Crippen molar-refractivity contribution in [3.63, 3.8) is 0 Å². The minimum Gasteiger partial charge on any atom is -0.369 e. The number of aryl methyl sites for hydroxylation is 2. The topological polar surface area (TPSA) is 73.5 Å². The number of benzene rings is 1. The Hall–Kier alpha value is -2.96. The van der Waals surface area contributed by atoms with Crippen LogP contribution in [0.1, 0.15) is 6.42 Å². The van der Waals surface area contributed by atoms with E-state index in [1.165, 1.54) is 5.52 Å². The maximum Gasteiger partial charge on any atom is 0.163 e. The van der Waals surface area contributed by atoms with Gasteiger partial charge in [-0.15, -0.1) is 0 Å². The van der Waals surface area contributed by atoms with Crippen molar-refractivity contribution in [3.8, 4) is 0 Å². The Balaban J connectivity index is 1.42. The van der Waals surface area contributed by atoms with E-state index in [0.717, 1.165) is 41.9 Å². The van der Waals surface area contributed by atoms with Gasteiger partial charge in [-0.3, -0.25) is 4.68 Å². The van der Waals surface area contributed by atoms with Gasteiger partial charge >= 0.3 is 0 Å². The molecule has 116 valence electrons. The number of aromatic nitrogens is 6. The lowest BCUT2D eigenvalue weighted by Gasteiger charge is -2.07. The van der Waals surface area contributed by atoms with E-state index in [9.17, 15) is 0 Å². The molecule has 1 aromatic carbocycles. The Bertz CT molecular complexity index is 953. The second-order valence-corrected chi connectivity index (χ2v) is 5.43. The molecule has 7 nitrogen and oxygen atoms in total. The summed E-state index contributed by atoms with van der Waals surface area (Å²) >= 11 is 0. The van der Waals surface area contributed by atoms with Gasteiger partial charge in [0.25, 0.3) is 0 Å². The predicted octanol–water partition coefficient (Wildman–Crippen LogP) is 2.22. The van der Waals surface area contributed by atoms with Crippen LogP contribution in [0.5, 0.6) is 0 Å². The highest BCUT2D eigenvalue weighted by atomic mass is 15.3. The molecule has 7 heteroatoms. The highest BCUT2D eigenvalue weighted by Gasteiger charge is 2.07. The van der Waals surface area contributed by atoms with Crippen molar-refractivity contribution in [3.05, 3.63) is 43.1 Å². The minimum absolute atomic E-state index is 0.827. The zero-order chi connectivity index (χ0) is 15.6. The number of imidazole rings is 1. The lowest BCUT2D eigenvalue weighted by atomic mass is 10.3. The average molecular weight is 307 g/mol. The van der Waals surface area contributed by atoms with E-state index in [1.807, 2.05) is 31.6 Å². The number of nitrogens with zero attached hydrogens (tertiary/aromatic N) is 6. The fourth-order valence-corrected chi connectivity index (χ4v) is 2.75. The first-order valence-corrected chi connectivity index (χ1v) is 7.59. The molecule has 0 saturated heterocycles. The fourth-order valence-electron chi connectivity index (χ4n) is 2.75. The normalized spacial score (nSPS) is 11.3. The number of para-hydroxylation sites is 2. The number of fused-ring (bicyclic) bond motifs is 2. The Morgan fingerprint density at radius 3 is 3.00 bits per heavy atom. The van der Waals surface area contributed by atoms with Crippen LogP contribution in [0.3, 0.4) is 0 Å². The minimum atomic E-state index is 0.827. The summed E-state index contributed by atoms with van der Waals surface area (Å²) in [6.07, 6.45) is 6.23. The van der Waals surface area contributed by atoms with E-state index in [4.69, 9.17) is 0 Å². The maximum atomic E-state index is 4.41. The molecular formula is C16H17N7. The molecule has 0 aliphatic carbocycles. The fraction of sp³-hybridized carbons (Fsp3) is 0.250. The summed E-state index contributed by atoms with van der Waals surface area (Å²) in [5, 5.41) is 8.54. The van der Waals surface area contributed by atoms with Crippen molar-refractivity contribution in [1.82, 2.24) is 29.3 Å². The van der Waals surface area contributed by atoms with Crippen molar-refractivity contribution < 1.29 is 0 Å². The second-order valence-electron chi connectivity index (χ2n) is 5.43. The highest BCUT2D eigenvalue weighted by molar-refractivity contribution is 5.85. The van der Waals surface area contributed by atoms with Gasteiger partial charge in [0.05, 0.1) is 28.9 Å². The summed E-state index contributed by atoms with van der Waals surface area (Å²) < 4.78 is 3.93. The lowest BCUT2D eigenvalue weighted by Crippen LogP contribution is -2.08. The molecule has 0 atom stereocenters. The quantitative estimate of drug-likeness (QED) is 0.572. The third-order valence-corrected chi connectivity index (χ3v) is 3.93. The first-order valence-electron chi connectivity index (χ1n) is 7.59. The van der Waals surface area contributed by atoms with E-state index in [0.29, 0.717) is 0 Å². The number of nitrogens with one attached hydrogen (secondary N) is 1. The molecule has 23 heavy (non-hydrogen) atoms. The van der Waals surface area contributed by atoms with Crippen LogP contribution >= 0.6 is 0 Å². The molecule has 0 radical (unpaired) electrons. The van der Waals surface area contributed by atoms with Gasteiger partial charge < -0.3 is 9.88 Å². The molecule has 0 aliphatic rings. The van der Waals surface area contributed by atoms with Gasteiger partial charge in [0.1, 0.15) is 12.1 Å². The SMILES string of the molecule is Cn1ncc2c(NCCCn3cnc4ccccc43)ncnc21. The lowest BCUT2D eigenvalue weighted by molar-refractivity contribution is 0.677. The highest BCUT2D eigenvalue weighted by Crippen LogP contribution is 2.17. The van der Waals surface area contributed by atoms with Gasteiger partial charge in [-0.25, -0.2) is 15.0 Å². The Kier molecular flexibility index (Phi) is 3.38. The van der Waals surface area contributed by atoms with Crippen LogP contribution in [0.4, 0.5) is 5.82 Å². The molecule has 3 aromatic heterocycles. The number of rotatable bonds is 5. The van der Waals surface area contributed by atoms with Gasteiger partial charge in [-0.2, -0.15) is 5.10 Å². The Labute approximate surface area is 133 Å². The van der Waals surface area contributed by atoms with Crippen molar-refractivity contribution >= 4 is 27.9 Å². The van der Waals surface area contributed by atoms with E-state index in [1.54, 1.807) is 17.2 Å². The molecule has 0 bridgehead atoms. The van der Waals surface area contributed by atoms with E-state index < -0.39 is 0 Å². The van der Waals surface area contributed by atoms with Crippen LogP contribution < -0.4 is 5.32 Å². The summed E-state index contributed by atoms with van der Waals surface area (Å²) in [5.41, 5.74) is 3.04. The third-order valence-electron chi connectivity index (χ3n) is 3.93. The van der Waals surface area contributed by atoms with E-state index in [-0.39, 0.29) is 0 Å². The zero-order valence-electron chi connectivity index (χ0n) is 12.8. The number of hydrogen-bond acceptors (Lipinski definition) is 5. The van der Waals surface area contributed by atoms with Gasteiger partial charge in [-0.1, -0.05) is 12.1 Å². The second kappa shape index (κ2) is 5.68. The zero-order valence-corrected chi connectivity index (χ0v) is 12.8. The summed E-state index contributed by atoms with van der Waals surface area (Å²) in [7, 11) is 1.88. The monoisotopic (exact) mass is 307 g/mol. The molecule has 4 rings (SSSR count). The van der Waals surface area contributed by atoms with Gasteiger partial charge in [0.2, 0.25) is 0 Å². The molecule has 0 spiro atoms. The van der Waals surface area contributed by atoms with Crippen molar-refractivity contribution in [2.75, 3.05) is 11.9 Å². The first-order chi connectivity index (χ1) is 11.3. The number of hydrogen-bond donors (Lipinski definition) is 1. The first kappa shape index (κ1) is 13.7. The van der Waals surface area contributed by atoms with Crippen LogP contribution in [0.15, 0.2) is 43.1 Å². The maximum absolute atomic E-state index is 4.41. The van der Waals surface area contributed by atoms with Crippen molar-refractivity contribution in [1.29, 1.82) is 0 Å². The average Bonchev–Trinajstić information content (AvgIpc) is 3.17. The van der Waals surface area contributed by atoms with E-state index in [2.05, 4.69) is 36.0 Å². The molecule has 0 fully saturated rings. The van der Waals surface area contributed by atoms with Gasteiger partial charge in [0, 0.05) is 20.1 Å². The standard InChI is InChI=1S/C16H17N7/c1-22-16-12(9-21-22)15(18-10-19-16)17-7-4-8-23-11-20-13-5-2-3-6-14(13)23/h2-3,5-6,9-11H,4,7-8H2,1H3,(H,17,18,19). The molecule has 3 heterocycles. The number of anilines is 1. The molecule has 0 saturated carbocycles. The summed E-state index contributed by atoms with van der Waals surface area (Å²) in [4.78, 5) is 13.0. The third kappa shape index (κ3) is 2.50. The summed E-state index contributed by atoms with van der Waals surface area (Å²) in [6.45, 7) is 1.74. The Morgan fingerprint density at radius 2 is 2.04 bits per heavy atom. The molecule has 0 unspecified atom stereocenters. The summed E-state index contributed by atoms with van der Waals surface area (Å²) in [5.74, 6) is 0.832. The largest absolute Gasteiger partial charge is 0.369 e. The van der Waals surface area contributed by atoms with Gasteiger partial charge in [-0.05, 0) is 18.6 Å².